The molecular weight excluding hydrogens is 300 g/mol. The summed E-state index contributed by atoms with van der Waals surface area (Å²) in [7, 11) is 1.58. The zero-order valence-electron chi connectivity index (χ0n) is 10.0. The lowest BCUT2D eigenvalue weighted by Gasteiger charge is -2.06. The third-order valence-corrected chi connectivity index (χ3v) is 2.65. The number of ether oxygens (including phenoxy) is 1. The summed E-state index contributed by atoms with van der Waals surface area (Å²) in [4.78, 5) is 22.8. The molecule has 0 aromatic heterocycles. The number of carbonyl (C=O) groups excluding carboxylic acids is 2. The van der Waals surface area contributed by atoms with E-state index in [0.717, 1.165) is 0 Å². The van der Waals surface area contributed by atoms with Crippen LogP contribution in [0, 0.1) is 0 Å². The fourth-order valence-corrected chi connectivity index (χ4v) is 1.41. The van der Waals surface area contributed by atoms with Gasteiger partial charge in [-0.3, -0.25) is 9.59 Å². The van der Waals surface area contributed by atoms with Gasteiger partial charge < -0.3 is 15.4 Å². The van der Waals surface area contributed by atoms with Crippen LogP contribution in [-0.4, -0.2) is 37.4 Å². The van der Waals surface area contributed by atoms with Crippen molar-refractivity contribution in [3.8, 4) is 0 Å². The van der Waals surface area contributed by atoms with Gasteiger partial charge in [-0.15, -0.1) is 0 Å². The van der Waals surface area contributed by atoms with Gasteiger partial charge in [0.2, 0.25) is 5.91 Å². The van der Waals surface area contributed by atoms with Gasteiger partial charge in [0.25, 0.3) is 5.91 Å². The van der Waals surface area contributed by atoms with E-state index in [1.54, 1.807) is 31.4 Å². The first-order valence-electron chi connectivity index (χ1n) is 5.40. The molecule has 0 saturated heterocycles. The van der Waals surface area contributed by atoms with Crippen LogP contribution in [-0.2, 0) is 9.53 Å². The molecule has 1 rings (SSSR count). The van der Waals surface area contributed by atoms with Gasteiger partial charge in [-0.05, 0) is 24.3 Å². The molecule has 2 amide bonds. The van der Waals surface area contributed by atoms with Gasteiger partial charge in [-0.2, -0.15) is 0 Å². The molecular formula is C12H15BrN2O3. The molecule has 18 heavy (non-hydrogen) atoms. The van der Waals surface area contributed by atoms with Crippen molar-refractivity contribution in [2.45, 2.75) is 0 Å². The van der Waals surface area contributed by atoms with Crippen molar-refractivity contribution in [3.63, 3.8) is 0 Å². The van der Waals surface area contributed by atoms with E-state index in [4.69, 9.17) is 4.74 Å². The number of carbonyl (C=O) groups is 2. The maximum Gasteiger partial charge on any atom is 0.251 e. The van der Waals surface area contributed by atoms with Gasteiger partial charge in [-0.1, -0.05) is 15.9 Å². The van der Waals surface area contributed by atoms with Crippen molar-refractivity contribution in [3.05, 3.63) is 29.8 Å². The topological polar surface area (TPSA) is 67.4 Å². The molecule has 0 saturated carbocycles. The molecule has 0 aliphatic rings. The highest BCUT2D eigenvalue weighted by atomic mass is 79.9. The van der Waals surface area contributed by atoms with Crippen LogP contribution in [0.15, 0.2) is 24.3 Å². The highest BCUT2D eigenvalue weighted by molar-refractivity contribution is 9.09. The molecule has 0 spiro atoms. The number of nitrogens with one attached hydrogen (secondary N) is 2. The Bertz CT molecular complexity index is 406. The summed E-state index contributed by atoms with van der Waals surface area (Å²) in [6, 6.07) is 6.69. The van der Waals surface area contributed by atoms with Crippen molar-refractivity contribution < 1.29 is 14.3 Å². The Morgan fingerprint density at radius 1 is 1.28 bits per heavy atom. The summed E-state index contributed by atoms with van der Waals surface area (Å²) in [6.45, 7) is 0.947. The normalized spacial score (nSPS) is 9.89. The van der Waals surface area contributed by atoms with Crippen LogP contribution in [0.3, 0.4) is 0 Å². The van der Waals surface area contributed by atoms with E-state index in [0.29, 0.717) is 24.4 Å². The predicted octanol–water partition coefficient (Wildman–Crippen LogP) is 1.40. The largest absolute Gasteiger partial charge is 0.383 e. The van der Waals surface area contributed by atoms with E-state index >= 15 is 0 Å². The van der Waals surface area contributed by atoms with E-state index in [1.165, 1.54) is 0 Å². The summed E-state index contributed by atoms with van der Waals surface area (Å²) < 4.78 is 4.84. The van der Waals surface area contributed by atoms with Gasteiger partial charge >= 0.3 is 0 Å². The third kappa shape index (κ3) is 4.85. The van der Waals surface area contributed by atoms with Crippen LogP contribution in [0.1, 0.15) is 10.4 Å². The molecule has 1 aromatic carbocycles. The number of hydrogen-bond acceptors (Lipinski definition) is 3. The minimum Gasteiger partial charge on any atom is -0.383 e. The number of alkyl halides is 1. The lowest BCUT2D eigenvalue weighted by atomic mass is 10.2. The van der Waals surface area contributed by atoms with Gasteiger partial charge in [-0.25, -0.2) is 0 Å². The van der Waals surface area contributed by atoms with E-state index in [9.17, 15) is 9.59 Å². The van der Waals surface area contributed by atoms with E-state index in [-0.39, 0.29) is 17.1 Å². The van der Waals surface area contributed by atoms with Gasteiger partial charge in [0, 0.05) is 24.9 Å². The first-order chi connectivity index (χ1) is 8.67. The second kappa shape index (κ2) is 7.84. The second-order valence-corrected chi connectivity index (χ2v) is 4.07. The van der Waals surface area contributed by atoms with Gasteiger partial charge in [0.15, 0.2) is 0 Å². The maximum absolute atomic E-state index is 11.6. The Labute approximate surface area is 114 Å². The molecule has 0 atom stereocenters. The number of methoxy groups -OCH3 is 1. The zero-order valence-corrected chi connectivity index (χ0v) is 11.6. The lowest BCUT2D eigenvalue weighted by molar-refractivity contribution is -0.113. The minimum absolute atomic E-state index is 0.132. The average Bonchev–Trinajstić information content (AvgIpc) is 2.39. The third-order valence-electron chi connectivity index (χ3n) is 2.14. The monoisotopic (exact) mass is 314 g/mol. The molecule has 0 heterocycles. The fourth-order valence-electron chi connectivity index (χ4n) is 1.27. The van der Waals surface area contributed by atoms with Crippen molar-refractivity contribution in [1.29, 1.82) is 0 Å². The Hall–Kier alpha value is -1.40. The highest BCUT2D eigenvalue weighted by Gasteiger charge is 2.05. The number of halogens is 1. The smallest absolute Gasteiger partial charge is 0.251 e. The number of amides is 2. The van der Waals surface area contributed by atoms with E-state index in [2.05, 4.69) is 26.6 Å². The molecule has 0 aliphatic heterocycles. The van der Waals surface area contributed by atoms with Crippen LogP contribution in [0.25, 0.3) is 0 Å². The van der Waals surface area contributed by atoms with Crippen molar-refractivity contribution in [2.75, 3.05) is 30.9 Å². The molecule has 5 nitrogen and oxygen atoms in total. The SMILES string of the molecule is COCCNC(=O)c1ccc(NC(=O)CBr)cc1. The number of benzene rings is 1. The molecule has 2 N–H and O–H groups in total. The number of rotatable bonds is 6. The van der Waals surface area contributed by atoms with Gasteiger partial charge in [0.1, 0.15) is 0 Å². The van der Waals surface area contributed by atoms with Crippen LogP contribution < -0.4 is 10.6 Å². The Kier molecular flexibility index (Phi) is 6.38. The maximum atomic E-state index is 11.6. The molecule has 0 radical (unpaired) electrons. The molecule has 6 heteroatoms. The van der Waals surface area contributed by atoms with Crippen molar-refractivity contribution in [2.24, 2.45) is 0 Å². The van der Waals surface area contributed by atoms with Crippen molar-refractivity contribution in [1.82, 2.24) is 5.32 Å². The molecule has 0 fully saturated rings. The Morgan fingerprint density at radius 2 is 1.94 bits per heavy atom. The summed E-state index contributed by atoms with van der Waals surface area (Å²) in [5.41, 5.74) is 1.20. The first kappa shape index (κ1) is 14.7. The first-order valence-corrected chi connectivity index (χ1v) is 6.52. The van der Waals surface area contributed by atoms with Crippen molar-refractivity contribution >= 4 is 33.4 Å². The molecule has 0 aliphatic carbocycles. The van der Waals surface area contributed by atoms with Crippen LogP contribution in [0.4, 0.5) is 5.69 Å². The van der Waals surface area contributed by atoms with E-state index < -0.39 is 0 Å². The molecule has 0 bridgehead atoms. The van der Waals surface area contributed by atoms with Crippen LogP contribution in [0.2, 0.25) is 0 Å². The van der Waals surface area contributed by atoms with Crippen LogP contribution >= 0.6 is 15.9 Å². The lowest BCUT2D eigenvalue weighted by Crippen LogP contribution is -2.26. The zero-order chi connectivity index (χ0) is 13.4. The predicted molar refractivity (Wildman–Crippen MR) is 73.1 cm³/mol. The summed E-state index contributed by atoms with van der Waals surface area (Å²) in [5, 5.41) is 5.63. The number of anilines is 1. The standard InChI is InChI=1S/C12H15BrN2O3/c1-18-7-6-14-12(17)9-2-4-10(5-3-9)15-11(16)8-13/h2-5H,6-8H2,1H3,(H,14,17)(H,15,16). The summed E-state index contributed by atoms with van der Waals surface area (Å²) in [5.74, 6) is -0.294. The molecule has 1 aromatic rings. The summed E-state index contributed by atoms with van der Waals surface area (Å²) in [6.07, 6.45) is 0. The molecule has 0 unspecified atom stereocenters. The fraction of sp³-hybridized carbons (Fsp3) is 0.333. The summed E-state index contributed by atoms with van der Waals surface area (Å²) >= 11 is 3.06. The van der Waals surface area contributed by atoms with Gasteiger partial charge in [0.05, 0.1) is 11.9 Å². The average molecular weight is 315 g/mol. The van der Waals surface area contributed by atoms with E-state index in [1.807, 2.05) is 0 Å². The quantitative estimate of drug-likeness (QED) is 0.616. The molecule has 98 valence electrons. The number of hydrogen-bond donors (Lipinski definition) is 2. The van der Waals surface area contributed by atoms with Crippen LogP contribution in [0.5, 0.6) is 0 Å². The second-order valence-electron chi connectivity index (χ2n) is 3.51. The highest BCUT2D eigenvalue weighted by Crippen LogP contribution is 2.09. The Morgan fingerprint density at radius 3 is 2.50 bits per heavy atom. The Balaban J connectivity index is 2.54. The minimum atomic E-state index is -0.162.